The molecule has 4 aliphatic rings. The summed E-state index contributed by atoms with van der Waals surface area (Å²) in [6, 6.07) is 0. The molecule has 224 valence electrons. The van der Waals surface area contributed by atoms with Gasteiger partial charge in [0.1, 0.15) is 17.0 Å². The number of fused-ring (bicyclic) bond motifs is 5. The Hall–Kier alpha value is -1.87. The molecular formula is C32H48O8. The lowest BCUT2D eigenvalue weighted by atomic mass is 9.38. The van der Waals surface area contributed by atoms with Crippen LogP contribution < -0.4 is 0 Å². The van der Waals surface area contributed by atoms with Crippen molar-refractivity contribution in [1.82, 2.24) is 0 Å². The second kappa shape index (κ2) is 9.58. The van der Waals surface area contributed by atoms with Crippen LogP contribution in [0.1, 0.15) is 87.5 Å². The van der Waals surface area contributed by atoms with E-state index in [0.29, 0.717) is 19.3 Å². The lowest BCUT2D eigenvalue weighted by Gasteiger charge is -2.65. The number of aliphatic hydroxyl groups excluding tert-OH is 3. The van der Waals surface area contributed by atoms with Gasteiger partial charge in [-0.3, -0.25) is 14.4 Å². The number of carbonyl (C=O) groups excluding carboxylic acids is 3. The standard InChI is InChI=1S/C32H48O8/c1-18(34)40-27(2,3)14-13-24(37)31(8,39)26-21(35)15-29(6)22-11-9-19-20(10-12-23(36)28(19,4)5)32(22,17-33)25(38)16-30(26,29)7/h9,13-14,20-23,26,33,35-36,39H,10-12,15-17H2,1-8H3/b14-13+/t20-,21-,22+,23-,26-,29+,30-,31+,32+/m1/s1. The van der Waals surface area contributed by atoms with Gasteiger partial charge in [-0.1, -0.05) is 39.3 Å². The maximum atomic E-state index is 14.4. The molecule has 0 aromatic heterocycles. The molecule has 4 aliphatic carbocycles. The molecule has 0 spiro atoms. The van der Waals surface area contributed by atoms with Gasteiger partial charge in [0.2, 0.25) is 0 Å². The van der Waals surface area contributed by atoms with Gasteiger partial charge in [-0.2, -0.15) is 0 Å². The summed E-state index contributed by atoms with van der Waals surface area (Å²) in [5.41, 5.74) is -5.21. The van der Waals surface area contributed by atoms with E-state index in [-0.39, 0.29) is 37.1 Å². The molecule has 40 heavy (non-hydrogen) atoms. The average molecular weight is 561 g/mol. The van der Waals surface area contributed by atoms with E-state index < -0.39 is 62.7 Å². The maximum Gasteiger partial charge on any atom is 0.303 e. The summed E-state index contributed by atoms with van der Waals surface area (Å²) in [5.74, 6) is -2.70. The van der Waals surface area contributed by atoms with Crippen LogP contribution in [0.15, 0.2) is 23.8 Å². The lowest BCUT2D eigenvalue weighted by molar-refractivity contribution is -0.191. The summed E-state index contributed by atoms with van der Waals surface area (Å²) in [7, 11) is 0. The molecule has 0 unspecified atom stereocenters. The highest BCUT2D eigenvalue weighted by Crippen LogP contribution is 2.74. The zero-order valence-electron chi connectivity index (χ0n) is 25.3. The number of ketones is 2. The normalized spacial score (nSPS) is 42.4. The van der Waals surface area contributed by atoms with Gasteiger partial charge in [0.05, 0.1) is 24.2 Å². The Labute approximate surface area is 237 Å². The fourth-order valence-electron chi connectivity index (χ4n) is 9.56. The smallest absolute Gasteiger partial charge is 0.303 e. The fourth-order valence-corrected chi connectivity index (χ4v) is 9.56. The van der Waals surface area contributed by atoms with Crippen molar-refractivity contribution < 1.29 is 39.5 Å². The van der Waals surface area contributed by atoms with Crippen molar-refractivity contribution in [3.05, 3.63) is 23.8 Å². The molecule has 0 radical (unpaired) electrons. The summed E-state index contributed by atoms with van der Waals surface area (Å²) in [5, 5.41) is 45.1. The van der Waals surface area contributed by atoms with Gasteiger partial charge >= 0.3 is 5.97 Å². The monoisotopic (exact) mass is 560 g/mol. The predicted molar refractivity (Wildman–Crippen MR) is 149 cm³/mol. The zero-order valence-corrected chi connectivity index (χ0v) is 25.3. The van der Waals surface area contributed by atoms with Crippen molar-refractivity contribution in [3.8, 4) is 0 Å². The predicted octanol–water partition coefficient (Wildman–Crippen LogP) is 3.29. The highest BCUT2D eigenvalue weighted by molar-refractivity contribution is 5.97. The van der Waals surface area contributed by atoms with Gasteiger partial charge in [-0.25, -0.2) is 0 Å². The first-order chi connectivity index (χ1) is 18.2. The second-order valence-electron chi connectivity index (χ2n) is 14.7. The van der Waals surface area contributed by atoms with Gasteiger partial charge < -0.3 is 25.2 Å². The summed E-state index contributed by atoms with van der Waals surface area (Å²) in [4.78, 5) is 39.3. The number of ether oxygens (including phenoxy) is 1. The summed E-state index contributed by atoms with van der Waals surface area (Å²) >= 11 is 0. The highest BCUT2D eigenvalue weighted by Gasteiger charge is 2.75. The van der Waals surface area contributed by atoms with Crippen LogP contribution in [0.5, 0.6) is 0 Å². The number of hydrogen-bond donors (Lipinski definition) is 4. The average Bonchev–Trinajstić information content (AvgIpc) is 3.03. The Morgan fingerprint density at radius 1 is 1.10 bits per heavy atom. The van der Waals surface area contributed by atoms with Crippen LogP contribution >= 0.6 is 0 Å². The van der Waals surface area contributed by atoms with Crippen LogP contribution in [0.4, 0.5) is 0 Å². The molecule has 9 atom stereocenters. The van der Waals surface area contributed by atoms with E-state index in [1.165, 1.54) is 26.0 Å². The molecule has 0 bridgehead atoms. The molecule has 0 aliphatic heterocycles. The minimum Gasteiger partial charge on any atom is -0.456 e. The van der Waals surface area contributed by atoms with E-state index >= 15 is 0 Å². The van der Waals surface area contributed by atoms with Crippen molar-refractivity contribution >= 4 is 17.5 Å². The minimum atomic E-state index is -2.00. The second-order valence-corrected chi connectivity index (χ2v) is 14.7. The number of rotatable bonds is 6. The molecule has 0 amide bonds. The van der Waals surface area contributed by atoms with Gasteiger partial charge in [0.25, 0.3) is 0 Å². The third-order valence-electron chi connectivity index (χ3n) is 11.7. The fraction of sp³-hybridized carbons (Fsp3) is 0.781. The topological polar surface area (TPSA) is 141 Å². The maximum absolute atomic E-state index is 14.4. The number of Topliss-reactive ketones (excluding diaryl/α,β-unsaturated/α-hetero) is 1. The number of allylic oxidation sites excluding steroid dienone is 1. The van der Waals surface area contributed by atoms with E-state index in [0.717, 1.165) is 5.57 Å². The van der Waals surface area contributed by atoms with Gasteiger partial charge in [0.15, 0.2) is 5.78 Å². The number of aliphatic hydroxyl groups is 4. The minimum absolute atomic E-state index is 0.0150. The Morgan fingerprint density at radius 2 is 1.73 bits per heavy atom. The van der Waals surface area contributed by atoms with Crippen LogP contribution in [0.2, 0.25) is 0 Å². The Kier molecular flexibility index (Phi) is 7.44. The zero-order chi connectivity index (χ0) is 30.3. The molecule has 4 rings (SSSR count). The van der Waals surface area contributed by atoms with E-state index in [4.69, 9.17) is 4.74 Å². The SMILES string of the molecule is CC(=O)OC(C)(C)/C=C/C(=O)[C@](C)(O)[C@@H]1[C@H](O)C[C@@]2(C)[C@@H]3CC=C4[C@@H](CC[C@@H](O)C4(C)C)[C@]3(CO)C(=O)C[C@]12C. The molecule has 8 heteroatoms. The van der Waals surface area contributed by atoms with E-state index in [1.54, 1.807) is 13.8 Å². The van der Waals surface area contributed by atoms with Gasteiger partial charge in [-0.15, -0.1) is 0 Å². The molecule has 0 aromatic rings. The van der Waals surface area contributed by atoms with Crippen molar-refractivity contribution in [2.75, 3.05) is 6.61 Å². The first kappa shape index (κ1) is 31.1. The molecule has 3 fully saturated rings. The van der Waals surface area contributed by atoms with E-state index in [2.05, 4.69) is 6.08 Å². The van der Waals surface area contributed by atoms with Gasteiger partial charge in [-0.05, 0) is 81.3 Å². The van der Waals surface area contributed by atoms with E-state index in [9.17, 15) is 34.8 Å². The third kappa shape index (κ3) is 4.19. The van der Waals surface area contributed by atoms with Crippen molar-refractivity contribution in [1.29, 1.82) is 0 Å². The Morgan fingerprint density at radius 3 is 2.30 bits per heavy atom. The number of esters is 1. The van der Waals surface area contributed by atoms with Crippen molar-refractivity contribution in [3.63, 3.8) is 0 Å². The van der Waals surface area contributed by atoms with Crippen molar-refractivity contribution in [2.45, 2.75) is 111 Å². The van der Waals surface area contributed by atoms with E-state index in [1.807, 2.05) is 27.7 Å². The third-order valence-corrected chi connectivity index (χ3v) is 11.7. The molecule has 3 saturated carbocycles. The van der Waals surface area contributed by atoms with Crippen LogP contribution in [-0.2, 0) is 19.1 Å². The number of hydrogen-bond acceptors (Lipinski definition) is 8. The molecule has 4 N–H and O–H groups in total. The molecule has 8 nitrogen and oxygen atoms in total. The first-order valence-electron chi connectivity index (χ1n) is 14.6. The Bertz CT molecular complexity index is 1150. The first-order valence-corrected chi connectivity index (χ1v) is 14.6. The molecular weight excluding hydrogens is 512 g/mol. The van der Waals surface area contributed by atoms with Crippen molar-refractivity contribution in [2.24, 2.45) is 39.4 Å². The quantitative estimate of drug-likeness (QED) is 0.220. The largest absolute Gasteiger partial charge is 0.456 e. The summed E-state index contributed by atoms with van der Waals surface area (Å²) in [6.45, 7) is 13.5. The van der Waals surface area contributed by atoms with Crippen LogP contribution in [0.25, 0.3) is 0 Å². The highest BCUT2D eigenvalue weighted by atomic mass is 16.6. The molecule has 0 heterocycles. The van der Waals surface area contributed by atoms with Crippen LogP contribution in [0, 0.1) is 39.4 Å². The van der Waals surface area contributed by atoms with Gasteiger partial charge in [0, 0.05) is 24.7 Å². The molecule has 0 aromatic carbocycles. The lowest BCUT2D eigenvalue weighted by Crippen LogP contribution is -2.66. The number of carbonyl (C=O) groups is 3. The Balaban J connectivity index is 1.76. The summed E-state index contributed by atoms with van der Waals surface area (Å²) in [6.07, 6.45) is 5.10. The molecule has 0 saturated heterocycles. The van der Waals surface area contributed by atoms with Crippen LogP contribution in [0.3, 0.4) is 0 Å². The summed E-state index contributed by atoms with van der Waals surface area (Å²) < 4.78 is 5.23. The van der Waals surface area contributed by atoms with Crippen LogP contribution in [-0.4, -0.2) is 68.0 Å².